The fourth-order valence-electron chi connectivity index (χ4n) is 2.47. The van der Waals surface area contributed by atoms with E-state index >= 15 is 0 Å². The van der Waals surface area contributed by atoms with E-state index in [1.54, 1.807) is 6.07 Å². The molecule has 2 atom stereocenters. The lowest BCUT2D eigenvalue weighted by Crippen LogP contribution is -2.13. The lowest BCUT2D eigenvalue weighted by atomic mass is 9.97. The van der Waals surface area contributed by atoms with Crippen LogP contribution in [-0.4, -0.2) is 11.9 Å². The van der Waals surface area contributed by atoms with Crippen LogP contribution in [0.3, 0.4) is 0 Å². The van der Waals surface area contributed by atoms with Gasteiger partial charge in [0.1, 0.15) is 0 Å². The molecule has 0 fully saturated rings. The summed E-state index contributed by atoms with van der Waals surface area (Å²) in [5.74, 6) is 0. The van der Waals surface area contributed by atoms with Gasteiger partial charge in [0.05, 0.1) is 22.1 Å². The average molecular weight is 261 g/mol. The number of fused-ring (bicyclic) bond motifs is 5. The first-order chi connectivity index (χ1) is 7.11. The Morgan fingerprint density at radius 3 is 2.27 bits per heavy atom. The summed E-state index contributed by atoms with van der Waals surface area (Å²) >= 11 is 18.4. The predicted molar refractivity (Wildman–Crippen MR) is 63.9 cm³/mol. The van der Waals surface area contributed by atoms with E-state index in [4.69, 9.17) is 34.8 Å². The standard InChI is InChI=1S/C11H8Cl3N/c1-15-7-2-3-8(15)10-9(7)5(12)4-6(13)11(10)14/h2-4,7-8H,1H3. The summed E-state index contributed by atoms with van der Waals surface area (Å²) in [5.41, 5.74) is 2.19. The molecular weight excluding hydrogens is 252 g/mol. The van der Waals surface area contributed by atoms with Crippen molar-refractivity contribution in [3.05, 3.63) is 44.4 Å². The SMILES string of the molecule is CN1C2C=CC1c1c(Cl)c(Cl)cc(Cl)c12. The molecule has 0 saturated heterocycles. The van der Waals surface area contributed by atoms with Gasteiger partial charge in [0, 0.05) is 5.02 Å². The van der Waals surface area contributed by atoms with Crippen molar-refractivity contribution >= 4 is 34.8 Å². The summed E-state index contributed by atoms with van der Waals surface area (Å²) in [6.07, 6.45) is 4.30. The largest absolute Gasteiger partial charge is 0.285 e. The summed E-state index contributed by atoms with van der Waals surface area (Å²) in [5, 5.41) is 1.89. The molecular formula is C11H8Cl3N. The Morgan fingerprint density at radius 1 is 1.00 bits per heavy atom. The Hall–Kier alpha value is -0.210. The molecule has 1 aromatic rings. The zero-order valence-corrected chi connectivity index (χ0v) is 10.2. The predicted octanol–water partition coefficient (Wildman–Crippen LogP) is 4.24. The van der Waals surface area contributed by atoms with E-state index in [-0.39, 0.29) is 12.1 Å². The Kier molecular flexibility index (Phi) is 2.09. The number of likely N-dealkylation sites (N-methyl/N-ethyl adjacent to an activating group) is 1. The van der Waals surface area contributed by atoms with Crippen LogP contribution in [0, 0.1) is 0 Å². The van der Waals surface area contributed by atoms with Crippen LogP contribution in [0.1, 0.15) is 23.2 Å². The molecule has 0 aliphatic carbocycles. The number of halogens is 3. The van der Waals surface area contributed by atoms with Gasteiger partial charge in [0.25, 0.3) is 0 Å². The van der Waals surface area contributed by atoms with Crippen LogP contribution in [0.2, 0.25) is 15.1 Å². The van der Waals surface area contributed by atoms with Crippen LogP contribution in [0.4, 0.5) is 0 Å². The highest BCUT2D eigenvalue weighted by molar-refractivity contribution is 6.44. The maximum absolute atomic E-state index is 6.22. The highest BCUT2D eigenvalue weighted by atomic mass is 35.5. The molecule has 0 spiro atoms. The third-order valence-corrected chi connectivity index (χ3v) is 4.31. The number of nitrogens with zero attached hydrogens (tertiary/aromatic N) is 1. The van der Waals surface area contributed by atoms with Gasteiger partial charge in [0.15, 0.2) is 0 Å². The minimum Gasteiger partial charge on any atom is -0.285 e. The molecule has 3 rings (SSSR count). The second kappa shape index (κ2) is 3.14. The molecule has 2 aliphatic rings. The van der Waals surface area contributed by atoms with Gasteiger partial charge in [-0.25, -0.2) is 0 Å². The summed E-state index contributed by atoms with van der Waals surface area (Å²) in [4.78, 5) is 2.23. The van der Waals surface area contributed by atoms with Crippen LogP contribution in [0.15, 0.2) is 18.2 Å². The zero-order valence-electron chi connectivity index (χ0n) is 7.97. The minimum absolute atomic E-state index is 0.230. The molecule has 0 N–H and O–H groups in total. The van der Waals surface area contributed by atoms with Gasteiger partial charge in [-0.1, -0.05) is 47.0 Å². The van der Waals surface area contributed by atoms with E-state index < -0.39 is 0 Å². The number of rotatable bonds is 0. The topological polar surface area (TPSA) is 3.24 Å². The summed E-state index contributed by atoms with van der Waals surface area (Å²) in [6.45, 7) is 0. The van der Waals surface area contributed by atoms with Gasteiger partial charge < -0.3 is 0 Å². The third kappa shape index (κ3) is 1.15. The van der Waals surface area contributed by atoms with Crippen LogP contribution in [0.25, 0.3) is 0 Å². The van der Waals surface area contributed by atoms with Crippen LogP contribution < -0.4 is 0 Å². The van der Waals surface area contributed by atoms with Gasteiger partial charge >= 0.3 is 0 Å². The van der Waals surface area contributed by atoms with E-state index in [0.717, 1.165) is 11.1 Å². The molecule has 1 nitrogen and oxygen atoms in total. The number of benzene rings is 1. The molecule has 0 radical (unpaired) electrons. The van der Waals surface area contributed by atoms with Gasteiger partial charge in [0.2, 0.25) is 0 Å². The first-order valence-electron chi connectivity index (χ1n) is 4.69. The molecule has 2 aliphatic heterocycles. The molecule has 78 valence electrons. The Balaban J connectivity index is 2.33. The fraction of sp³-hybridized carbons (Fsp3) is 0.273. The van der Waals surface area contributed by atoms with Gasteiger partial charge in [-0.2, -0.15) is 0 Å². The van der Waals surface area contributed by atoms with Crippen molar-refractivity contribution in [1.82, 2.24) is 4.90 Å². The van der Waals surface area contributed by atoms with Crippen molar-refractivity contribution in [3.63, 3.8) is 0 Å². The van der Waals surface area contributed by atoms with Crippen molar-refractivity contribution in [2.24, 2.45) is 0 Å². The second-order valence-corrected chi connectivity index (χ2v) is 5.11. The average Bonchev–Trinajstić information content (AvgIpc) is 2.69. The maximum Gasteiger partial charge on any atom is 0.0647 e. The number of hydrogen-bond donors (Lipinski definition) is 0. The molecule has 2 unspecified atom stereocenters. The Morgan fingerprint density at radius 2 is 1.60 bits per heavy atom. The van der Waals surface area contributed by atoms with Crippen molar-refractivity contribution in [3.8, 4) is 0 Å². The van der Waals surface area contributed by atoms with Gasteiger partial charge in [-0.3, -0.25) is 4.90 Å². The van der Waals surface area contributed by atoms with Crippen molar-refractivity contribution in [2.75, 3.05) is 7.05 Å². The van der Waals surface area contributed by atoms with Gasteiger partial charge in [-0.15, -0.1) is 0 Å². The molecule has 1 aromatic carbocycles. The fourth-order valence-corrected chi connectivity index (χ4v) is 3.33. The van der Waals surface area contributed by atoms with Crippen LogP contribution in [-0.2, 0) is 0 Å². The van der Waals surface area contributed by atoms with E-state index in [2.05, 4.69) is 24.1 Å². The molecule has 2 bridgehead atoms. The van der Waals surface area contributed by atoms with E-state index in [1.165, 1.54) is 0 Å². The van der Waals surface area contributed by atoms with E-state index in [1.807, 2.05) is 0 Å². The van der Waals surface area contributed by atoms with Gasteiger partial charge in [-0.05, 0) is 24.2 Å². The normalized spacial score (nSPS) is 27.5. The summed E-state index contributed by atoms with van der Waals surface area (Å²) in [7, 11) is 2.07. The zero-order chi connectivity index (χ0) is 10.7. The molecule has 0 aromatic heterocycles. The molecule has 0 saturated carbocycles. The number of hydrogen-bond acceptors (Lipinski definition) is 1. The molecule has 2 heterocycles. The van der Waals surface area contributed by atoms with Crippen molar-refractivity contribution < 1.29 is 0 Å². The lowest BCUT2D eigenvalue weighted by Gasteiger charge is -2.14. The van der Waals surface area contributed by atoms with Crippen molar-refractivity contribution in [2.45, 2.75) is 12.1 Å². The molecule has 0 amide bonds. The Labute approximate surface area is 103 Å². The van der Waals surface area contributed by atoms with Crippen LogP contribution >= 0.6 is 34.8 Å². The van der Waals surface area contributed by atoms with Crippen LogP contribution in [0.5, 0.6) is 0 Å². The first-order valence-corrected chi connectivity index (χ1v) is 5.82. The van der Waals surface area contributed by atoms with Crippen molar-refractivity contribution in [1.29, 1.82) is 0 Å². The monoisotopic (exact) mass is 259 g/mol. The molecule has 15 heavy (non-hydrogen) atoms. The maximum atomic E-state index is 6.22. The molecule has 4 heteroatoms. The lowest BCUT2D eigenvalue weighted by molar-refractivity contribution is 0.299. The quantitative estimate of drug-likeness (QED) is 0.498. The van der Waals surface area contributed by atoms with E-state index in [9.17, 15) is 0 Å². The first kappa shape index (κ1) is 9.98. The Bertz CT molecular complexity index is 481. The summed E-state index contributed by atoms with van der Waals surface area (Å²) < 4.78 is 0. The second-order valence-electron chi connectivity index (χ2n) is 3.92. The third-order valence-electron chi connectivity index (χ3n) is 3.19. The van der Waals surface area contributed by atoms with E-state index in [0.29, 0.717) is 15.1 Å². The highest BCUT2D eigenvalue weighted by Crippen LogP contribution is 2.53. The minimum atomic E-state index is 0.230. The summed E-state index contributed by atoms with van der Waals surface area (Å²) in [6, 6.07) is 2.22. The highest BCUT2D eigenvalue weighted by Gasteiger charge is 2.41. The smallest absolute Gasteiger partial charge is 0.0647 e.